The van der Waals surface area contributed by atoms with Crippen molar-refractivity contribution >= 4 is 21.4 Å². The van der Waals surface area contributed by atoms with Crippen molar-refractivity contribution in [3.8, 4) is 0 Å². The minimum atomic E-state index is -4.10. The number of anilines is 2. The molecule has 20 heavy (non-hydrogen) atoms. The normalized spacial score (nSPS) is 11.3. The molecule has 0 bridgehead atoms. The predicted molar refractivity (Wildman–Crippen MR) is 75.3 cm³/mol. The molecule has 0 aliphatic heterocycles. The molecule has 0 aliphatic rings. The van der Waals surface area contributed by atoms with Crippen LogP contribution in [0, 0.1) is 19.7 Å². The Bertz CT molecular complexity index is 760. The molecule has 1 heterocycles. The van der Waals surface area contributed by atoms with Crippen molar-refractivity contribution in [3.05, 3.63) is 47.4 Å². The Morgan fingerprint density at radius 1 is 1.25 bits per heavy atom. The minimum absolute atomic E-state index is 0.343. The maximum atomic E-state index is 13.6. The lowest BCUT2D eigenvalue weighted by atomic mass is 10.1. The Morgan fingerprint density at radius 3 is 2.60 bits per heavy atom. The average Bonchev–Trinajstić information content (AvgIpc) is 2.39. The van der Waals surface area contributed by atoms with Gasteiger partial charge in [0.15, 0.2) is 5.82 Å². The van der Waals surface area contributed by atoms with Crippen LogP contribution in [0.5, 0.6) is 0 Å². The topological polar surface area (TPSA) is 85.1 Å². The summed E-state index contributed by atoms with van der Waals surface area (Å²) in [6.07, 6.45) is 1.22. The second-order valence-corrected chi connectivity index (χ2v) is 5.97. The molecule has 0 spiro atoms. The highest BCUT2D eigenvalue weighted by Crippen LogP contribution is 2.27. The molecular formula is C13H14FN3O2S. The van der Waals surface area contributed by atoms with Crippen molar-refractivity contribution in [2.75, 3.05) is 10.5 Å². The second kappa shape index (κ2) is 5.09. The SMILES string of the molecule is Cc1ccc(N)c(C)c1NS(=O)(=O)c1ncccc1F. The van der Waals surface area contributed by atoms with Crippen LogP contribution in [0.15, 0.2) is 35.5 Å². The van der Waals surface area contributed by atoms with Gasteiger partial charge < -0.3 is 5.73 Å². The number of rotatable bonds is 3. The summed E-state index contributed by atoms with van der Waals surface area (Å²) in [6, 6.07) is 5.74. The molecule has 0 saturated heterocycles. The van der Waals surface area contributed by atoms with Crippen LogP contribution in [0.4, 0.5) is 15.8 Å². The molecule has 0 saturated carbocycles. The van der Waals surface area contributed by atoms with Crippen LogP contribution in [-0.2, 0) is 10.0 Å². The largest absolute Gasteiger partial charge is 0.398 e. The summed E-state index contributed by atoms with van der Waals surface area (Å²) in [5.41, 5.74) is 7.83. The zero-order valence-electron chi connectivity index (χ0n) is 11.0. The lowest BCUT2D eigenvalue weighted by Gasteiger charge is -2.14. The summed E-state index contributed by atoms with van der Waals surface area (Å²) >= 11 is 0. The second-order valence-electron chi connectivity index (χ2n) is 4.37. The maximum absolute atomic E-state index is 13.6. The third-order valence-electron chi connectivity index (χ3n) is 2.93. The first-order chi connectivity index (χ1) is 9.33. The number of nitrogens with one attached hydrogen (secondary N) is 1. The number of nitrogen functional groups attached to an aromatic ring is 1. The van der Waals surface area contributed by atoms with Gasteiger partial charge >= 0.3 is 0 Å². The number of nitrogens with zero attached hydrogens (tertiary/aromatic N) is 1. The Hall–Kier alpha value is -2.15. The molecule has 1 aromatic carbocycles. The van der Waals surface area contributed by atoms with Crippen LogP contribution in [-0.4, -0.2) is 13.4 Å². The van der Waals surface area contributed by atoms with Gasteiger partial charge in [-0.25, -0.2) is 9.37 Å². The van der Waals surface area contributed by atoms with E-state index in [-0.39, 0.29) is 0 Å². The third-order valence-corrected chi connectivity index (χ3v) is 4.21. The summed E-state index contributed by atoms with van der Waals surface area (Å²) in [5.74, 6) is -0.904. The van der Waals surface area contributed by atoms with Gasteiger partial charge in [0.1, 0.15) is 0 Å². The predicted octanol–water partition coefficient (Wildman–Crippen LogP) is 2.22. The lowest BCUT2D eigenvalue weighted by molar-refractivity contribution is 0.556. The highest BCUT2D eigenvalue weighted by molar-refractivity contribution is 7.92. The Balaban J connectivity index is 2.50. The molecule has 1 aromatic heterocycles. The minimum Gasteiger partial charge on any atom is -0.398 e. The van der Waals surface area contributed by atoms with Crippen molar-refractivity contribution in [1.29, 1.82) is 0 Å². The van der Waals surface area contributed by atoms with E-state index in [0.29, 0.717) is 22.5 Å². The molecule has 7 heteroatoms. The summed E-state index contributed by atoms with van der Waals surface area (Å²) in [4.78, 5) is 3.57. The number of hydrogen-bond acceptors (Lipinski definition) is 4. The Kier molecular flexibility index (Phi) is 3.63. The molecule has 0 unspecified atom stereocenters. The van der Waals surface area contributed by atoms with E-state index in [9.17, 15) is 12.8 Å². The number of aromatic nitrogens is 1. The van der Waals surface area contributed by atoms with E-state index in [1.807, 2.05) is 0 Å². The van der Waals surface area contributed by atoms with E-state index < -0.39 is 20.9 Å². The van der Waals surface area contributed by atoms with Crippen LogP contribution >= 0.6 is 0 Å². The monoisotopic (exact) mass is 295 g/mol. The van der Waals surface area contributed by atoms with E-state index in [2.05, 4.69) is 9.71 Å². The zero-order valence-corrected chi connectivity index (χ0v) is 11.8. The van der Waals surface area contributed by atoms with Gasteiger partial charge in [0.25, 0.3) is 10.0 Å². The molecule has 5 nitrogen and oxygen atoms in total. The standard InChI is InChI=1S/C13H14FN3O2S/c1-8-5-6-11(15)9(2)12(8)17-20(18,19)13-10(14)4-3-7-16-13/h3-7,17H,15H2,1-2H3. The van der Waals surface area contributed by atoms with Gasteiger partial charge in [-0.1, -0.05) is 6.07 Å². The molecule has 3 N–H and O–H groups in total. The van der Waals surface area contributed by atoms with E-state index in [4.69, 9.17) is 5.73 Å². The fourth-order valence-corrected chi connectivity index (χ4v) is 2.98. The fourth-order valence-electron chi connectivity index (χ4n) is 1.77. The van der Waals surface area contributed by atoms with Crippen molar-refractivity contribution in [3.63, 3.8) is 0 Å². The zero-order chi connectivity index (χ0) is 14.9. The van der Waals surface area contributed by atoms with Gasteiger partial charge in [-0.15, -0.1) is 0 Å². The summed E-state index contributed by atoms with van der Waals surface area (Å²) in [6.45, 7) is 3.42. The van der Waals surface area contributed by atoms with Crippen LogP contribution in [0.3, 0.4) is 0 Å². The van der Waals surface area contributed by atoms with Crippen molar-refractivity contribution in [2.24, 2.45) is 0 Å². The maximum Gasteiger partial charge on any atom is 0.282 e. The first-order valence-electron chi connectivity index (χ1n) is 5.82. The number of hydrogen-bond donors (Lipinski definition) is 2. The quantitative estimate of drug-likeness (QED) is 0.850. The van der Waals surface area contributed by atoms with E-state index in [0.717, 1.165) is 6.07 Å². The number of pyridine rings is 1. The highest BCUT2D eigenvalue weighted by atomic mass is 32.2. The van der Waals surface area contributed by atoms with Crippen molar-refractivity contribution < 1.29 is 12.8 Å². The summed E-state index contributed by atoms with van der Waals surface area (Å²) < 4.78 is 40.3. The van der Waals surface area contributed by atoms with E-state index >= 15 is 0 Å². The fraction of sp³-hybridized carbons (Fsp3) is 0.154. The van der Waals surface area contributed by atoms with Gasteiger partial charge in [0.05, 0.1) is 5.69 Å². The number of benzene rings is 1. The Morgan fingerprint density at radius 2 is 1.95 bits per heavy atom. The van der Waals surface area contributed by atoms with Gasteiger partial charge in [-0.05, 0) is 43.2 Å². The summed E-state index contributed by atoms with van der Waals surface area (Å²) in [5, 5.41) is -0.638. The van der Waals surface area contributed by atoms with E-state index in [1.165, 1.54) is 12.3 Å². The molecule has 0 fully saturated rings. The molecule has 0 radical (unpaired) electrons. The Labute approximate surface area is 116 Å². The molecule has 106 valence electrons. The van der Waals surface area contributed by atoms with Gasteiger partial charge in [-0.2, -0.15) is 8.42 Å². The molecule has 0 amide bonds. The highest BCUT2D eigenvalue weighted by Gasteiger charge is 2.22. The number of aryl methyl sites for hydroxylation is 1. The smallest absolute Gasteiger partial charge is 0.282 e. The molecule has 0 atom stereocenters. The van der Waals surface area contributed by atoms with E-state index in [1.54, 1.807) is 26.0 Å². The molecule has 2 rings (SSSR count). The van der Waals surface area contributed by atoms with Crippen molar-refractivity contribution in [2.45, 2.75) is 18.9 Å². The number of halogens is 1. The van der Waals surface area contributed by atoms with Crippen LogP contribution in [0.1, 0.15) is 11.1 Å². The van der Waals surface area contributed by atoms with Crippen LogP contribution < -0.4 is 10.5 Å². The first kappa shape index (κ1) is 14.3. The van der Waals surface area contributed by atoms with Gasteiger partial charge in [0, 0.05) is 11.9 Å². The van der Waals surface area contributed by atoms with Gasteiger partial charge in [-0.3, -0.25) is 4.72 Å². The van der Waals surface area contributed by atoms with Crippen LogP contribution in [0.2, 0.25) is 0 Å². The number of nitrogens with two attached hydrogens (primary N) is 1. The number of sulfonamides is 1. The summed E-state index contributed by atoms with van der Waals surface area (Å²) in [7, 11) is -4.10. The van der Waals surface area contributed by atoms with Crippen molar-refractivity contribution in [1.82, 2.24) is 4.98 Å². The van der Waals surface area contributed by atoms with Gasteiger partial charge in [0.2, 0.25) is 5.03 Å². The molecular weight excluding hydrogens is 281 g/mol. The third kappa shape index (κ3) is 2.57. The first-order valence-corrected chi connectivity index (χ1v) is 7.30. The molecule has 2 aromatic rings. The lowest BCUT2D eigenvalue weighted by Crippen LogP contribution is -2.18. The average molecular weight is 295 g/mol. The van der Waals surface area contributed by atoms with Crippen LogP contribution in [0.25, 0.3) is 0 Å². The molecule has 0 aliphatic carbocycles.